The summed E-state index contributed by atoms with van der Waals surface area (Å²) in [6.07, 6.45) is -1.79. The molecule has 0 spiro atoms. The third kappa shape index (κ3) is 4.27. The summed E-state index contributed by atoms with van der Waals surface area (Å²) in [5, 5.41) is 19.6. The van der Waals surface area contributed by atoms with Crippen molar-refractivity contribution in [1.29, 1.82) is 0 Å². The van der Waals surface area contributed by atoms with Crippen LogP contribution in [0.4, 0.5) is 0 Å². The van der Waals surface area contributed by atoms with Gasteiger partial charge in [-0.25, -0.2) is 9.78 Å². The molecule has 0 radical (unpaired) electrons. The summed E-state index contributed by atoms with van der Waals surface area (Å²) in [5.74, 6) is -1.19. The van der Waals surface area contributed by atoms with Gasteiger partial charge < -0.3 is 19.7 Å². The summed E-state index contributed by atoms with van der Waals surface area (Å²) >= 11 is 0.895. The fourth-order valence-corrected chi connectivity index (χ4v) is 2.17. The summed E-state index contributed by atoms with van der Waals surface area (Å²) in [4.78, 5) is 26.4. The van der Waals surface area contributed by atoms with Gasteiger partial charge >= 0.3 is 11.9 Å². The number of carbonyl (C=O) groups excluding carboxylic acids is 2. The number of aliphatic hydroxyl groups excluding tert-OH is 2. The van der Waals surface area contributed by atoms with Gasteiger partial charge in [0.05, 0.1) is 32.4 Å². The van der Waals surface area contributed by atoms with Gasteiger partial charge in [0.1, 0.15) is 16.0 Å². The number of rotatable bonds is 6. The van der Waals surface area contributed by atoms with E-state index in [2.05, 4.69) is 14.5 Å². The van der Waals surface area contributed by atoms with E-state index in [0.29, 0.717) is 0 Å². The van der Waals surface area contributed by atoms with E-state index in [1.165, 1.54) is 13.3 Å². The van der Waals surface area contributed by atoms with Crippen LogP contribution in [0.15, 0.2) is 6.20 Å². The maximum absolute atomic E-state index is 11.2. The number of carbonyl (C=O) groups is 2. The Morgan fingerprint density at radius 1 is 1.47 bits per heavy atom. The van der Waals surface area contributed by atoms with E-state index in [4.69, 9.17) is 0 Å². The van der Waals surface area contributed by atoms with Crippen molar-refractivity contribution in [1.82, 2.24) is 4.98 Å². The van der Waals surface area contributed by atoms with Gasteiger partial charge in [0.2, 0.25) is 0 Å². The molecule has 0 amide bonds. The van der Waals surface area contributed by atoms with Gasteiger partial charge in [0, 0.05) is 0 Å². The Kier molecular flexibility index (Phi) is 5.87. The first-order valence-corrected chi connectivity index (χ1v) is 6.37. The second-order valence-corrected chi connectivity index (χ2v) is 4.64. The molecule has 7 nitrogen and oxygen atoms in total. The van der Waals surface area contributed by atoms with Gasteiger partial charge in [-0.2, -0.15) is 0 Å². The third-order valence-corrected chi connectivity index (χ3v) is 3.26. The van der Waals surface area contributed by atoms with Crippen LogP contribution in [0.2, 0.25) is 0 Å². The molecular formula is C11H15NO6S. The molecule has 0 saturated heterocycles. The molecule has 1 rings (SSSR count). The Morgan fingerprint density at radius 2 is 2.16 bits per heavy atom. The van der Waals surface area contributed by atoms with Crippen molar-refractivity contribution in [2.75, 3.05) is 13.7 Å². The molecule has 19 heavy (non-hydrogen) atoms. The Bertz CT molecular complexity index is 446. The number of nitrogens with zero attached hydrogens (tertiary/aromatic N) is 1. The normalized spacial score (nSPS) is 13.7. The van der Waals surface area contributed by atoms with Crippen molar-refractivity contribution in [3.05, 3.63) is 16.1 Å². The first-order valence-electron chi connectivity index (χ1n) is 5.55. The summed E-state index contributed by atoms with van der Waals surface area (Å²) < 4.78 is 9.16. The van der Waals surface area contributed by atoms with Crippen molar-refractivity contribution < 1.29 is 29.3 Å². The Balaban J connectivity index is 2.66. The number of thiazole rings is 1. The smallest absolute Gasteiger partial charge is 0.349 e. The first-order chi connectivity index (χ1) is 8.99. The fraction of sp³-hybridized carbons (Fsp3) is 0.545. The van der Waals surface area contributed by atoms with Crippen molar-refractivity contribution in [2.45, 2.75) is 25.6 Å². The standard InChI is InChI=1S/C11H15NO6S/c1-3-18-8(14)4-6(13)9(15)10-12-5-7(19-10)11(16)17-2/h5-6,9,13,15H,3-4H2,1-2H3. The second kappa shape index (κ2) is 7.17. The molecule has 0 aliphatic rings. The molecule has 1 aromatic rings. The number of ether oxygens (including phenoxy) is 2. The van der Waals surface area contributed by atoms with Gasteiger partial charge in [0.25, 0.3) is 0 Å². The minimum absolute atomic E-state index is 0.136. The number of aliphatic hydroxyl groups is 2. The highest BCUT2D eigenvalue weighted by molar-refractivity contribution is 7.13. The van der Waals surface area contributed by atoms with E-state index >= 15 is 0 Å². The van der Waals surface area contributed by atoms with Crippen molar-refractivity contribution in [2.24, 2.45) is 0 Å². The van der Waals surface area contributed by atoms with Crippen LogP contribution < -0.4 is 0 Å². The average molecular weight is 289 g/mol. The minimum atomic E-state index is -1.35. The summed E-state index contributed by atoms with van der Waals surface area (Å²) in [7, 11) is 1.23. The van der Waals surface area contributed by atoms with Crippen LogP contribution in [0.3, 0.4) is 0 Å². The molecule has 0 aromatic carbocycles. The predicted molar refractivity (Wildman–Crippen MR) is 65.7 cm³/mol. The maximum Gasteiger partial charge on any atom is 0.349 e. The molecule has 2 unspecified atom stereocenters. The zero-order chi connectivity index (χ0) is 14.4. The lowest BCUT2D eigenvalue weighted by Gasteiger charge is -2.14. The van der Waals surface area contributed by atoms with Crippen molar-refractivity contribution in [3.63, 3.8) is 0 Å². The van der Waals surface area contributed by atoms with Crippen LogP contribution in [0.1, 0.15) is 34.1 Å². The molecule has 0 bridgehead atoms. The van der Waals surface area contributed by atoms with E-state index in [9.17, 15) is 19.8 Å². The highest BCUT2D eigenvalue weighted by Gasteiger charge is 2.25. The molecule has 1 heterocycles. The highest BCUT2D eigenvalue weighted by Crippen LogP contribution is 2.24. The lowest BCUT2D eigenvalue weighted by atomic mass is 10.1. The summed E-state index contributed by atoms with van der Waals surface area (Å²) in [6, 6.07) is 0. The van der Waals surface area contributed by atoms with Crippen LogP contribution in [0.25, 0.3) is 0 Å². The Morgan fingerprint density at radius 3 is 2.74 bits per heavy atom. The highest BCUT2D eigenvalue weighted by atomic mass is 32.1. The second-order valence-electron chi connectivity index (χ2n) is 3.58. The van der Waals surface area contributed by atoms with E-state index in [0.717, 1.165) is 11.3 Å². The van der Waals surface area contributed by atoms with Crippen LogP contribution in [0, 0.1) is 0 Å². The van der Waals surface area contributed by atoms with Crippen LogP contribution >= 0.6 is 11.3 Å². The van der Waals surface area contributed by atoms with Gasteiger partial charge in [-0.15, -0.1) is 11.3 Å². The van der Waals surface area contributed by atoms with Crippen LogP contribution in [-0.4, -0.2) is 47.0 Å². The minimum Gasteiger partial charge on any atom is -0.466 e. The Hall–Kier alpha value is -1.51. The van der Waals surface area contributed by atoms with Crippen LogP contribution in [0.5, 0.6) is 0 Å². The molecule has 106 valence electrons. The molecule has 0 aliphatic heterocycles. The van der Waals surface area contributed by atoms with Gasteiger partial charge in [0.15, 0.2) is 0 Å². The SMILES string of the molecule is CCOC(=O)CC(O)C(O)c1ncc(C(=O)OC)s1. The number of aromatic nitrogens is 1. The van der Waals surface area contributed by atoms with Crippen LogP contribution in [-0.2, 0) is 14.3 Å². The number of hydrogen-bond acceptors (Lipinski definition) is 8. The predicted octanol–water partition coefficient (Wildman–Crippen LogP) is 0.277. The quantitative estimate of drug-likeness (QED) is 0.724. The molecule has 1 aromatic heterocycles. The van der Waals surface area contributed by atoms with Crippen molar-refractivity contribution >= 4 is 23.3 Å². The molecular weight excluding hydrogens is 274 g/mol. The zero-order valence-corrected chi connectivity index (χ0v) is 11.3. The number of methoxy groups -OCH3 is 1. The largest absolute Gasteiger partial charge is 0.466 e. The van der Waals surface area contributed by atoms with Gasteiger partial charge in [-0.05, 0) is 6.92 Å². The van der Waals surface area contributed by atoms with E-state index in [1.807, 2.05) is 0 Å². The number of hydrogen-bond donors (Lipinski definition) is 2. The van der Waals surface area contributed by atoms with Gasteiger partial charge in [-0.1, -0.05) is 0 Å². The first kappa shape index (κ1) is 15.5. The Labute approximate surface area is 113 Å². The average Bonchev–Trinajstić information content (AvgIpc) is 2.86. The summed E-state index contributed by atoms with van der Waals surface area (Å²) in [5.41, 5.74) is 0. The summed E-state index contributed by atoms with van der Waals surface area (Å²) in [6.45, 7) is 1.84. The molecule has 0 fully saturated rings. The van der Waals surface area contributed by atoms with E-state index < -0.39 is 24.1 Å². The van der Waals surface area contributed by atoms with E-state index in [1.54, 1.807) is 6.92 Å². The molecule has 8 heteroatoms. The monoisotopic (exact) mass is 289 g/mol. The van der Waals surface area contributed by atoms with Crippen molar-refractivity contribution in [3.8, 4) is 0 Å². The molecule has 0 aliphatic carbocycles. The van der Waals surface area contributed by atoms with E-state index in [-0.39, 0.29) is 22.9 Å². The molecule has 0 saturated carbocycles. The third-order valence-electron chi connectivity index (χ3n) is 2.21. The molecule has 2 N–H and O–H groups in total. The number of esters is 2. The lowest BCUT2D eigenvalue weighted by Crippen LogP contribution is -2.23. The van der Waals surface area contributed by atoms with Gasteiger partial charge in [-0.3, -0.25) is 4.79 Å². The maximum atomic E-state index is 11.2. The topological polar surface area (TPSA) is 106 Å². The molecule has 2 atom stereocenters. The fourth-order valence-electron chi connectivity index (χ4n) is 1.29. The lowest BCUT2D eigenvalue weighted by molar-refractivity contribution is -0.147. The zero-order valence-electron chi connectivity index (χ0n) is 10.5.